The van der Waals surface area contributed by atoms with E-state index in [0.717, 1.165) is 26.1 Å². The predicted octanol–water partition coefficient (Wildman–Crippen LogP) is 1.59. The van der Waals surface area contributed by atoms with Crippen molar-refractivity contribution >= 4 is 17.4 Å². The Morgan fingerprint density at radius 2 is 2.25 bits per heavy atom. The molecule has 1 aliphatic heterocycles. The number of ether oxygens (including phenoxy) is 1. The zero-order valence-electron chi connectivity index (χ0n) is 8.61. The van der Waals surface area contributed by atoms with E-state index in [0.29, 0.717) is 11.9 Å². The Morgan fingerprint density at radius 3 is 2.88 bits per heavy atom. The highest BCUT2D eigenvalue weighted by atomic mass is 35.5. The first-order valence-electron chi connectivity index (χ1n) is 5.06. The third-order valence-corrected chi connectivity index (χ3v) is 2.67. The number of nitriles is 1. The number of hydrogen-bond donors (Lipinski definition) is 1. The molecule has 1 N–H and O–H groups in total. The Bertz CT molecular complexity index is 412. The van der Waals surface area contributed by atoms with Crippen LogP contribution in [-0.4, -0.2) is 29.2 Å². The summed E-state index contributed by atoms with van der Waals surface area (Å²) >= 11 is 5.79. The first-order valence-corrected chi connectivity index (χ1v) is 5.44. The van der Waals surface area contributed by atoms with Crippen LogP contribution < -0.4 is 5.32 Å². The molecule has 6 heteroatoms. The second-order valence-electron chi connectivity index (χ2n) is 3.54. The van der Waals surface area contributed by atoms with Crippen molar-refractivity contribution in [2.24, 2.45) is 0 Å². The van der Waals surface area contributed by atoms with Crippen LogP contribution in [0.3, 0.4) is 0 Å². The third-order valence-electron chi connectivity index (χ3n) is 2.41. The summed E-state index contributed by atoms with van der Waals surface area (Å²) < 4.78 is 5.25. The number of nitrogens with zero attached hydrogens (tertiary/aromatic N) is 3. The van der Waals surface area contributed by atoms with Crippen molar-refractivity contribution in [1.29, 1.82) is 5.26 Å². The van der Waals surface area contributed by atoms with Gasteiger partial charge in [-0.2, -0.15) is 5.26 Å². The first kappa shape index (κ1) is 11.1. The second-order valence-corrected chi connectivity index (χ2v) is 3.90. The predicted molar refractivity (Wildman–Crippen MR) is 59.2 cm³/mol. The van der Waals surface area contributed by atoms with Crippen LogP contribution in [0.1, 0.15) is 18.5 Å². The van der Waals surface area contributed by atoms with Gasteiger partial charge in [-0.3, -0.25) is 0 Å². The molecule has 0 bridgehead atoms. The lowest BCUT2D eigenvalue weighted by molar-refractivity contribution is 0.0904. The van der Waals surface area contributed by atoms with Gasteiger partial charge >= 0.3 is 0 Å². The molecule has 1 saturated heterocycles. The fourth-order valence-electron chi connectivity index (χ4n) is 1.56. The van der Waals surface area contributed by atoms with Crippen LogP contribution >= 0.6 is 11.6 Å². The number of hydrogen-bond acceptors (Lipinski definition) is 5. The van der Waals surface area contributed by atoms with Gasteiger partial charge in [0, 0.05) is 19.3 Å². The molecule has 0 spiro atoms. The van der Waals surface area contributed by atoms with Crippen LogP contribution in [0.5, 0.6) is 0 Å². The summed E-state index contributed by atoms with van der Waals surface area (Å²) in [5.41, 5.74) is 0.152. The van der Waals surface area contributed by atoms with E-state index in [2.05, 4.69) is 15.3 Å². The number of rotatable bonds is 2. The first-order chi connectivity index (χ1) is 7.79. The fourth-order valence-corrected chi connectivity index (χ4v) is 1.74. The van der Waals surface area contributed by atoms with Gasteiger partial charge in [-0.25, -0.2) is 9.97 Å². The van der Waals surface area contributed by atoms with Crippen molar-refractivity contribution < 1.29 is 4.74 Å². The van der Waals surface area contributed by atoms with Gasteiger partial charge in [0.1, 0.15) is 11.9 Å². The molecule has 0 atom stereocenters. The van der Waals surface area contributed by atoms with Crippen LogP contribution in [0.2, 0.25) is 5.15 Å². The third kappa shape index (κ3) is 2.60. The number of aromatic nitrogens is 2. The van der Waals surface area contributed by atoms with Crippen molar-refractivity contribution in [2.75, 3.05) is 18.5 Å². The van der Waals surface area contributed by atoms with Crippen LogP contribution in [-0.2, 0) is 4.74 Å². The largest absolute Gasteiger partial charge is 0.381 e. The highest BCUT2D eigenvalue weighted by Gasteiger charge is 2.14. The SMILES string of the molecule is N#Cc1ncc(NC2CCOCC2)nc1Cl. The molecule has 16 heavy (non-hydrogen) atoms. The molecule has 84 valence electrons. The van der Waals surface area contributed by atoms with E-state index in [9.17, 15) is 0 Å². The van der Waals surface area contributed by atoms with E-state index in [4.69, 9.17) is 21.6 Å². The zero-order valence-corrected chi connectivity index (χ0v) is 9.37. The van der Waals surface area contributed by atoms with E-state index in [-0.39, 0.29) is 10.8 Å². The molecule has 0 unspecified atom stereocenters. The zero-order chi connectivity index (χ0) is 11.4. The van der Waals surface area contributed by atoms with E-state index < -0.39 is 0 Å². The van der Waals surface area contributed by atoms with Crippen LogP contribution in [0.25, 0.3) is 0 Å². The lowest BCUT2D eigenvalue weighted by Crippen LogP contribution is -2.28. The van der Waals surface area contributed by atoms with Crippen molar-refractivity contribution in [3.8, 4) is 6.07 Å². The Morgan fingerprint density at radius 1 is 1.50 bits per heavy atom. The number of nitrogens with one attached hydrogen (secondary N) is 1. The maximum absolute atomic E-state index is 8.66. The van der Waals surface area contributed by atoms with Crippen molar-refractivity contribution in [3.05, 3.63) is 17.0 Å². The summed E-state index contributed by atoms with van der Waals surface area (Å²) in [7, 11) is 0. The average Bonchev–Trinajstić information content (AvgIpc) is 2.31. The van der Waals surface area contributed by atoms with Gasteiger partial charge < -0.3 is 10.1 Å². The molecule has 0 saturated carbocycles. The molecule has 0 aromatic carbocycles. The van der Waals surface area contributed by atoms with Gasteiger partial charge in [-0.05, 0) is 12.8 Å². The molecular weight excluding hydrogens is 228 g/mol. The lowest BCUT2D eigenvalue weighted by atomic mass is 10.1. The minimum absolute atomic E-state index is 0.138. The van der Waals surface area contributed by atoms with Gasteiger partial charge in [-0.1, -0.05) is 11.6 Å². The van der Waals surface area contributed by atoms with E-state index in [1.54, 1.807) is 0 Å². The Kier molecular flexibility index (Phi) is 3.54. The van der Waals surface area contributed by atoms with E-state index in [1.165, 1.54) is 6.20 Å². The summed E-state index contributed by atoms with van der Waals surface area (Å²) in [4.78, 5) is 7.98. The Hall–Kier alpha value is -1.38. The van der Waals surface area contributed by atoms with Gasteiger partial charge in [0.05, 0.1) is 6.20 Å². The molecular formula is C10H11ClN4O. The monoisotopic (exact) mass is 238 g/mol. The average molecular weight is 239 g/mol. The quantitative estimate of drug-likeness (QED) is 0.847. The summed E-state index contributed by atoms with van der Waals surface area (Å²) in [6.45, 7) is 1.52. The van der Waals surface area contributed by atoms with Crippen LogP contribution in [0.15, 0.2) is 6.20 Å². The van der Waals surface area contributed by atoms with Gasteiger partial charge in [0.2, 0.25) is 0 Å². The molecule has 0 amide bonds. The summed E-state index contributed by atoms with van der Waals surface area (Å²) in [6.07, 6.45) is 3.42. The standard InChI is InChI=1S/C10H11ClN4O/c11-10-8(5-12)13-6-9(15-10)14-7-1-3-16-4-2-7/h6-7H,1-4H2,(H,14,15). The van der Waals surface area contributed by atoms with Gasteiger partial charge in [0.25, 0.3) is 0 Å². The van der Waals surface area contributed by atoms with Crippen molar-refractivity contribution in [3.63, 3.8) is 0 Å². The second kappa shape index (κ2) is 5.10. The van der Waals surface area contributed by atoms with Gasteiger partial charge in [0.15, 0.2) is 10.8 Å². The number of halogens is 1. The summed E-state index contributed by atoms with van der Waals surface area (Å²) in [5, 5.41) is 12.0. The smallest absolute Gasteiger partial charge is 0.178 e. The van der Waals surface area contributed by atoms with Gasteiger partial charge in [-0.15, -0.1) is 0 Å². The molecule has 1 aromatic heterocycles. The summed E-state index contributed by atoms with van der Waals surface area (Å²) in [6, 6.07) is 2.21. The van der Waals surface area contributed by atoms with Crippen molar-refractivity contribution in [1.82, 2.24) is 9.97 Å². The topological polar surface area (TPSA) is 70.8 Å². The minimum atomic E-state index is 0.138. The molecule has 1 aliphatic rings. The molecule has 0 aliphatic carbocycles. The van der Waals surface area contributed by atoms with Crippen molar-refractivity contribution in [2.45, 2.75) is 18.9 Å². The van der Waals surface area contributed by atoms with E-state index >= 15 is 0 Å². The normalized spacial score (nSPS) is 16.8. The molecule has 1 aromatic rings. The molecule has 5 nitrogen and oxygen atoms in total. The molecule has 0 radical (unpaired) electrons. The Balaban J connectivity index is 2.04. The lowest BCUT2D eigenvalue weighted by Gasteiger charge is -2.23. The number of anilines is 1. The summed E-state index contributed by atoms with van der Waals surface area (Å²) in [5.74, 6) is 0.607. The molecule has 1 fully saturated rings. The Labute approximate surface area is 98.4 Å². The molecule has 2 rings (SSSR count). The maximum Gasteiger partial charge on any atom is 0.178 e. The maximum atomic E-state index is 8.66. The highest BCUT2D eigenvalue weighted by Crippen LogP contribution is 2.16. The highest BCUT2D eigenvalue weighted by molar-refractivity contribution is 6.30. The minimum Gasteiger partial charge on any atom is -0.381 e. The molecule has 2 heterocycles. The van der Waals surface area contributed by atoms with Crippen LogP contribution in [0.4, 0.5) is 5.82 Å². The fraction of sp³-hybridized carbons (Fsp3) is 0.500. The van der Waals surface area contributed by atoms with E-state index in [1.807, 2.05) is 6.07 Å². The van der Waals surface area contributed by atoms with Crippen LogP contribution in [0, 0.1) is 11.3 Å².